The maximum Gasteiger partial charge on any atom is 0.123 e. The van der Waals surface area contributed by atoms with Crippen molar-refractivity contribution in [2.45, 2.75) is 25.5 Å². The maximum atomic E-state index is 12.9. The van der Waals surface area contributed by atoms with E-state index in [9.17, 15) is 4.39 Å². The lowest BCUT2D eigenvalue weighted by atomic mass is 9.77. The molecule has 2 aliphatic heterocycles. The van der Waals surface area contributed by atoms with E-state index in [1.165, 1.54) is 23.3 Å². The number of hydrogen-bond donors (Lipinski definition) is 0. The van der Waals surface area contributed by atoms with Crippen molar-refractivity contribution in [2.75, 3.05) is 19.7 Å². The van der Waals surface area contributed by atoms with Gasteiger partial charge in [0, 0.05) is 43.9 Å². The summed E-state index contributed by atoms with van der Waals surface area (Å²) in [5.41, 5.74) is 2.75. The van der Waals surface area contributed by atoms with Crippen LogP contribution in [0.15, 0.2) is 48.8 Å². The number of pyridine rings is 1. The van der Waals surface area contributed by atoms with E-state index in [1.54, 1.807) is 6.20 Å². The van der Waals surface area contributed by atoms with Gasteiger partial charge in [-0.1, -0.05) is 18.2 Å². The molecule has 3 nitrogen and oxygen atoms in total. The normalized spacial score (nSPS) is 23.1. The van der Waals surface area contributed by atoms with Gasteiger partial charge in [-0.2, -0.15) is 0 Å². The van der Waals surface area contributed by atoms with Crippen LogP contribution >= 0.6 is 0 Å². The van der Waals surface area contributed by atoms with E-state index in [2.05, 4.69) is 16.0 Å². The van der Waals surface area contributed by atoms with E-state index in [4.69, 9.17) is 4.74 Å². The summed E-state index contributed by atoms with van der Waals surface area (Å²) in [4.78, 5) is 6.59. The molecule has 1 spiro atoms. The van der Waals surface area contributed by atoms with Crippen molar-refractivity contribution >= 4 is 0 Å². The lowest BCUT2D eigenvalue weighted by Gasteiger charge is -2.47. The third-order valence-electron chi connectivity index (χ3n) is 4.91. The van der Waals surface area contributed by atoms with Crippen LogP contribution in [0.3, 0.4) is 0 Å². The Morgan fingerprint density at radius 2 is 2.00 bits per heavy atom. The van der Waals surface area contributed by atoms with Crippen LogP contribution in [0.5, 0.6) is 0 Å². The van der Waals surface area contributed by atoms with Crippen molar-refractivity contribution < 1.29 is 9.13 Å². The molecule has 120 valence electrons. The molecule has 4 heteroatoms. The Labute approximate surface area is 136 Å². The van der Waals surface area contributed by atoms with Gasteiger partial charge in [0.25, 0.3) is 0 Å². The van der Waals surface area contributed by atoms with Crippen LogP contribution in [-0.2, 0) is 17.7 Å². The van der Waals surface area contributed by atoms with Gasteiger partial charge in [0.1, 0.15) is 5.82 Å². The van der Waals surface area contributed by atoms with Gasteiger partial charge in [0.15, 0.2) is 0 Å². The number of ether oxygens (including phenoxy) is 1. The fraction of sp³-hybridized carbons (Fsp3) is 0.421. The van der Waals surface area contributed by atoms with Gasteiger partial charge in [-0.05, 0) is 35.7 Å². The van der Waals surface area contributed by atoms with E-state index in [-0.39, 0.29) is 5.82 Å². The van der Waals surface area contributed by atoms with Crippen molar-refractivity contribution in [1.29, 1.82) is 0 Å². The van der Waals surface area contributed by atoms with E-state index >= 15 is 0 Å². The van der Waals surface area contributed by atoms with Crippen LogP contribution in [0, 0.1) is 11.2 Å². The molecule has 2 fully saturated rings. The molecule has 2 aromatic rings. The Hall–Kier alpha value is -1.78. The zero-order valence-corrected chi connectivity index (χ0v) is 13.1. The highest BCUT2D eigenvalue weighted by molar-refractivity contribution is 5.17. The van der Waals surface area contributed by atoms with Crippen LogP contribution in [0.2, 0.25) is 0 Å². The summed E-state index contributed by atoms with van der Waals surface area (Å²) in [6, 6.07) is 10.9. The molecular formula is C19H21FN2O. The van der Waals surface area contributed by atoms with Crippen LogP contribution in [0.4, 0.5) is 4.39 Å². The molecule has 0 bridgehead atoms. The molecule has 1 unspecified atom stereocenters. The Morgan fingerprint density at radius 3 is 2.74 bits per heavy atom. The zero-order valence-electron chi connectivity index (χ0n) is 13.1. The Morgan fingerprint density at radius 1 is 1.17 bits per heavy atom. The van der Waals surface area contributed by atoms with Crippen LogP contribution in [0.25, 0.3) is 0 Å². The Bertz CT molecular complexity index is 653. The van der Waals surface area contributed by atoms with Crippen molar-refractivity contribution in [1.82, 2.24) is 9.88 Å². The first-order chi connectivity index (χ1) is 11.2. The van der Waals surface area contributed by atoms with Crippen LogP contribution < -0.4 is 0 Å². The predicted octanol–water partition coefficient (Wildman–Crippen LogP) is 3.05. The summed E-state index contributed by atoms with van der Waals surface area (Å²) in [6.07, 6.45) is 6.12. The molecule has 1 aromatic carbocycles. The predicted molar refractivity (Wildman–Crippen MR) is 86.4 cm³/mol. The third kappa shape index (κ3) is 3.28. The summed E-state index contributed by atoms with van der Waals surface area (Å²) < 4.78 is 19.0. The average Bonchev–Trinajstić information content (AvgIpc) is 2.94. The van der Waals surface area contributed by atoms with Gasteiger partial charge in [0.2, 0.25) is 0 Å². The minimum Gasteiger partial charge on any atom is -0.377 e. The second kappa shape index (κ2) is 6.02. The fourth-order valence-corrected chi connectivity index (χ4v) is 3.89. The molecule has 1 aromatic heterocycles. The molecule has 0 amide bonds. The molecule has 3 heterocycles. The van der Waals surface area contributed by atoms with Crippen LogP contribution in [-0.4, -0.2) is 35.7 Å². The number of aromatic nitrogens is 1. The largest absolute Gasteiger partial charge is 0.377 e. The molecule has 0 aliphatic carbocycles. The quantitative estimate of drug-likeness (QED) is 0.867. The first-order valence-corrected chi connectivity index (χ1v) is 8.18. The standard InChI is InChI=1S/C19H21FN2O/c20-17-5-3-15(4-6-17)11-22-12-19(13-22)9-18(23-14-19)8-16-2-1-7-21-10-16/h1-7,10,18H,8-9,11-14H2. The molecular weight excluding hydrogens is 291 g/mol. The monoisotopic (exact) mass is 312 g/mol. The van der Waals surface area contributed by atoms with Gasteiger partial charge in [0.05, 0.1) is 12.7 Å². The van der Waals surface area contributed by atoms with Gasteiger partial charge in [-0.3, -0.25) is 9.88 Å². The first-order valence-electron chi connectivity index (χ1n) is 8.18. The minimum absolute atomic E-state index is 0.170. The number of likely N-dealkylation sites (tertiary alicyclic amines) is 1. The fourth-order valence-electron chi connectivity index (χ4n) is 3.89. The molecule has 2 aliphatic rings. The van der Waals surface area contributed by atoms with E-state index in [0.717, 1.165) is 39.1 Å². The minimum atomic E-state index is -0.170. The Balaban J connectivity index is 1.28. The van der Waals surface area contributed by atoms with Gasteiger partial charge < -0.3 is 4.74 Å². The van der Waals surface area contributed by atoms with Crippen molar-refractivity contribution in [3.05, 3.63) is 65.7 Å². The highest BCUT2D eigenvalue weighted by Gasteiger charge is 2.48. The highest BCUT2D eigenvalue weighted by atomic mass is 19.1. The SMILES string of the molecule is Fc1ccc(CN2CC3(COC(Cc4cccnc4)C3)C2)cc1. The molecule has 23 heavy (non-hydrogen) atoms. The van der Waals surface area contributed by atoms with Crippen molar-refractivity contribution in [3.63, 3.8) is 0 Å². The third-order valence-corrected chi connectivity index (χ3v) is 4.91. The van der Waals surface area contributed by atoms with E-state index in [0.29, 0.717) is 11.5 Å². The van der Waals surface area contributed by atoms with Crippen molar-refractivity contribution in [3.8, 4) is 0 Å². The van der Waals surface area contributed by atoms with Gasteiger partial charge in [-0.15, -0.1) is 0 Å². The second-order valence-corrected chi connectivity index (χ2v) is 6.97. The number of nitrogens with zero attached hydrogens (tertiary/aromatic N) is 2. The lowest BCUT2D eigenvalue weighted by molar-refractivity contribution is -0.0140. The van der Waals surface area contributed by atoms with Crippen LogP contribution in [0.1, 0.15) is 17.5 Å². The molecule has 2 saturated heterocycles. The maximum absolute atomic E-state index is 12.9. The average molecular weight is 312 g/mol. The number of hydrogen-bond acceptors (Lipinski definition) is 3. The topological polar surface area (TPSA) is 25.4 Å². The summed E-state index contributed by atoms with van der Waals surface area (Å²) in [5.74, 6) is -0.170. The smallest absolute Gasteiger partial charge is 0.123 e. The number of benzene rings is 1. The molecule has 1 atom stereocenters. The molecule has 0 radical (unpaired) electrons. The van der Waals surface area contributed by atoms with E-state index < -0.39 is 0 Å². The van der Waals surface area contributed by atoms with Crippen molar-refractivity contribution in [2.24, 2.45) is 5.41 Å². The summed E-state index contributed by atoms with van der Waals surface area (Å²) >= 11 is 0. The number of rotatable bonds is 4. The van der Waals surface area contributed by atoms with Gasteiger partial charge >= 0.3 is 0 Å². The number of halogens is 1. The lowest BCUT2D eigenvalue weighted by Crippen LogP contribution is -2.56. The highest BCUT2D eigenvalue weighted by Crippen LogP contribution is 2.42. The zero-order chi connectivity index (χ0) is 15.7. The molecule has 0 N–H and O–H groups in total. The summed E-state index contributed by atoms with van der Waals surface area (Å²) in [6.45, 7) is 3.91. The molecule has 0 saturated carbocycles. The first kappa shape index (κ1) is 14.8. The summed E-state index contributed by atoms with van der Waals surface area (Å²) in [5, 5.41) is 0. The van der Waals surface area contributed by atoms with Gasteiger partial charge in [-0.25, -0.2) is 4.39 Å². The van der Waals surface area contributed by atoms with E-state index in [1.807, 2.05) is 24.4 Å². The molecule has 4 rings (SSSR count). The summed E-state index contributed by atoms with van der Waals surface area (Å²) in [7, 11) is 0. The Kier molecular flexibility index (Phi) is 3.87. The second-order valence-electron chi connectivity index (χ2n) is 6.97.